The number of rotatable bonds is 5. The molecule has 21 heavy (non-hydrogen) atoms. The molecule has 1 aromatic carbocycles. The smallest absolute Gasteiger partial charge is 0.191 e. The van der Waals surface area contributed by atoms with E-state index in [0.717, 1.165) is 23.0 Å². The minimum Gasteiger partial charge on any atom is -0.353 e. The highest BCUT2D eigenvalue weighted by molar-refractivity contribution is 5.80. The Bertz CT molecular complexity index is 513. The SMILES string of the molecule is CN=C(NCc1ccc(F)c(CN(C)C)c1)NC1CC1C. The topological polar surface area (TPSA) is 39.7 Å². The Hall–Kier alpha value is -1.62. The Balaban J connectivity index is 1.92. The molecule has 0 radical (unpaired) electrons. The molecule has 0 aliphatic heterocycles. The third-order valence-corrected chi connectivity index (χ3v) is 3.71. The molecule has 116 valence electrons. The van der Waals surface area contributed by atoms with Crippen LogP contribution in [0.4, 0.5) is 4.39 Å². The van der Waals surface area contributed by atoms with Gasteiger partial charge in [-0.15, -0.1) is 0 Å². The Morgan fingerprint density at radius 2 is 2.14 bits per heavy atom. The zero-order valence-electron chi connectivity index (χ0n) is 13.3. The fourth-order valence-electron chi connectivity index (χ4n) is 2.28. The first-order valence-corrected chi connectivity index (χ1v) is 7.39. The maximum Gasteiger partial charge on any atom is 0.191 e. The number of aliphatic imine (C=N–C) groups is 1. The van der Waals surface area contributed by atoms with Gasteiger partial charge in [-0.3, -0.25) is 4.99 Å². The van der Waals surface area contributed by atoms with E-state index >= 15 is 0 Å². The molecule has 0 heterocycles. The number of halogens is 1. The molecular formula is C16H25FN4. The van der Waals surface area contributed by atoms with E-state index in [-0.39, 0.29) is 5.82 Å². The summed E-state index contributed by atoms with van der Waals surface area (Å²) in [6.07, 6.45) is 1.20. The van der Waals surface area contributed by atoms with E-state index in [4.69, 9.17) is 0 Å². The number of guanidine groups is 1. The molecule has 1 aromatic rings. The summed E-state index contributed by atoms with van der Waals surface area (Å²) in [6.45, 7) is 3.46. The van der Waals surface area contributed by atoms with E-state index in [1.54, 1.807) is 7.05 Å². The molecule has 1 saturated carbocycles. The first kappa shape index (κ1) is 15.8. The minimum atomic E-state index is -0.151. The van der Waals surface area contributed by atoms with E-state index in [0.29, 0.717) is 19.1 Å². The lowest BCUT2D eigenvalue weighted by molar-refractivity contribution is 0.392. The summed E-state index contributed by atoms with van der Waals surface area (Å²) in [4.78, 5) is 6.18. The minimum absolute atomic E-state index is 0.151. The second-order valence-electron chi connectivity index (χ2n) is 6.05. The van der Waals surface area contributed by atoms with Gasteiger partial charge < -0.3 is 15.5 Å². The van der Waals surface area contributed by atoms with Crippen LogP contribution in [-0.4, -0.2) is 38.0 Å². The molecular weight excluding hydrogens is 267 g/mol. The van der Waals surface area contributed by atoms with Crippen molar-refractivity contribution in [1.82, 2.24) is 15.5 Å². The molecule has 5 heteroatoms. The third-order valence-electron chi connectivity index (χ3n) is 3.71. The van der Waals surface area contributed by atoms with Gasteiger partial charge in [0, 0.05) is 31.7 Å². The molecule has 0 bridgehead atoms. The summed E-state index contributed by atoms with van der Waals surface area (Å²) in [5, 5.41) is 6.66. The van der Waals surface area contributed by atoms with Crippen LogP contribution in [0.15, 0.2) is 23.2 Å². The first-order chi connectivity index (χ1) is 9.99. The lowest BCUT2D eigenvalue weighted by Crippen LogP contribution is -2.38. The molecule has 0 amide bonds. The van der Waals surface area contributed by atoms with Crippen LogP contribution in [0.1, 0.15) is 24.5 Å². The second-order valence-corrected chi connectivity index (χ2v) is 6.05. The van der Waals surface area contributed by atoms with Crippen molar-refractivity contribution in [3.63, 3.8) is 0 Å². The van der Waals surface area contributed by atoms with Gasteiger partial charge in [-0.25, -0.2) is 4.39 Å². The number of nitrogens with zero attached hydrogens (tertiary/aromatic N) is 2. The predicted octanol–water partition coefficient (Wildman–Crippen LogP) is 1.96. The van der Waals surface area contributed by atoms with Crippen molar-refractivity contribution in [3.8, 4) is 0 Å². The van der Waals surface area contributed by atoms with Gasteiger partial charge in [-0.05, 0) is 44.1 Å². The molecule has 2 atom stereocenters. The zero-order valence-corrected chi connectivity index (χ0v) is 13.3. The summed E-state index contributed by atoms with van der Waals surface area (Å²) in [5.41, 5.74) is 1.78. The number of benzene rings is 1. The molecule has 1 fully saturated rings. The van der Waals surface area contributed by atoms with Gasteiger partial charge in [-0.2, -0.15) is 0 Å². The van der Waals surface area contributed by atoms with E-state index in [1.807, 2.05) is 31.1 Å². The maximum absolute atomic E-state index is 13.7. The molecule has 2 unspecified atom stereocenters. The van der Waals surface area contributed by atoms with Crippen molar-refractivity contribution in [3.05, 3.63) is 35.1 Å². The lowest BCUT2D eigenvalue weighted by Gasteiger charge is -2.14. The Labute approximate surface area is 126 Å². The quantitative estimate of drug-likeness (QED) is 0.644. The average Bonchev–Trinajstić information content (AvgIpc) is 3.12. The molecule has 2 N–H and O–H groups in total. The highest BCUT2D eigenvalue weighted by atomic mass is 19.1. The van der Waals surface area contributed by atoms with Crippen LogP contribution in [-0.2, 0) is 13.1 Å². The van der Waals surface area contributed by atoms with Crippen LogP contribution >= 0.6 is 0 Å². The average molecular weight is 292 g/mol. The van der Waals surface area contributed by atoms with Gasteiger partial charge in [0.25, 0.3) is 0 Å². The summed E-state index contributed by atoms with van der Waals surface area (Å²) < 4.78 is 13.7. The highest BCUT2D eigenvalue weighted by Gasteiger charge is 2.33. The lowest BCUT2D eigenvalue weighted by atomic mass is 10.1. The van der Waals surface area contributed by atoms with Crippen molar-refractivity contribution in [1.29, 1.82) is 0 Å². The molecule has 1 aliphatic rings. The van der Waals surface area contributed by atoms with E-state index in [9.17, 15) is 4.39 Å². The van der Waals surface area contributed by atoms with Gasteiger partial charge in [0.05, 0.1) is 0 Å². The fourth-order valence-corrected chi connectivity index (χ4v) is 2.28. The van der Waals surface area contributed by atoms with Crippen LogP contribution in [0.2, 0.25) is 0 Å². The van der Waals surface area contributed by atoms with Gasteiger partial charge in [0.15, 0.2) is 5.96 Å². The normalized spacial score (nSPS) is 21.5. The number of hydrogen-bond acceptors (Lipinski definition) is 2. The van der Waals surface area contributed by atoms with Crippen LogP contribution in [0.25, 0.3) is 0 Å². The largest absolute Gasteiger partial charge is 0.353 e. The molecule has 1 aliphatic carbocycles. The van der Waals surface area contributed by atoms with E-state index in [1.165, 1.54) is 12.5 Å². The molecule has 4 nitrogen and oxygen atoms in total. The summed E-state index contributed by atoms with van der Waals surface area (Å²) in [5.74, 6) is 1.38. The van der Waals surface area contributed by atoms with Crippen LogP contribution < -0.4 is 10.6 Å². The monoisotopic (exact) mass is 292 g/mol. The Morgan fingerprint density at radius 1 is 1.43 bits per heavy atom. The molecule has 0 aromatic heterocycles. The van der Waals surface area contributed by atoms with E-state index in [2.05, 4.69) is 22.5 Å². The summed E-state index contributed by atoms with van der Waals surface area (Å²) in [6, 6.07) is 5.80. The van der Waals surface area contributed by atoms with Crippen molar-refractivity contribution < 1.29 is 4.39 Å². The summed E-state index contributed by atoms with van der Waals surface area (Å²) in [7, 11) is 5.64. The van der Waals surface area contributed by atoms with Gasteiger partial charge in [0.2, 0.25) is 0 Å². The number of hydrogen-bond donors (Lipinski definition) is 2. The van der Waals surface area contributed by atoms with E-state index < -0.39 is 0 Å². The molecule has 0 saturated heterocycles. The first-order valence-electron chi connectivity index (χ1n) is 7.39. The third kappa shape index (κ3) is 4.70. The van der Waals surface area contributed by atoms with Crippen molar-refractivity contribution >= 4 is 5.96 Å². The zero-order chi connectivity index (χ0) is 15.4. The fraction of sp³-hybridized carbons (Fsp3) is 0.562. The van der Waals surface area contributed by atoms with Crippen LogP contribution in [0.5, 0.6) is 0 Å². The van der Waals surface area contributed by atoms with Gasteiger partial charge >= 0.3 is 0 Å². The highest BCUT2D eigenvalue weighted by Crippen LogP contribution is 2.28. The number of nitrogens with one attached hydrogen (secondary N) is 2. The van der Waals surface area contributed by atoms with Gasteiger partial charge in [-0.1, -0.05) is 13.0 Å². The maximum atomic E-state index is 13.7. The van der Waals surface area contributed by atoms with Crippen molar-refractivity contribution in [2.75, 3.05) is 21.1 Å². The molecule has 0 spiro atoms. The standard InChI is InChI=1S/C16H25FN4/c1-11-7-15(11)20-16(18-2)19-9-12-5-6-14(17)13(8-12)10-21(3)4/h5-6,8,11,15H,7,9-10H2,1-4H3,(H2,18,19,20). The van der Waals surface area contributed by atoms with Crippen LogP contribution in [0.3, 0.4) is 0 Å². The van der Waals surface area contributed by atoms with Gasteiger partial charge in [0.1, 0.15) is 5.82 Å². The Kier molecular flexibility index (Phi) is 5.17. The Morgan fingerprint density at radius 3 is 2.71 bits per heavy atom. The van der Waals surface area contributed by atoms with Crippen molar-refractivity contribution in [2.24, 2.45) is 10.9 Å². The second kappa shape index (κ2) is 6.89. The predicted molar refractivity (Wildman–Crippen MR) is 84.7 cm³/mol. The summed E-state index contributed by atoms with van der Waals surface area (Å²) >= 11 is 0. The molecule has 2 rings (SSSR count). The van der Waals surface area contributed by atoms with Crippen LogP contribution in [0, 0.1) is 11.7 Å². The van der Waals surface area contributed by atoms with Crippen molar-refractivity contribution in [2.45, 2.75) is 32.5 Å².